The van der Waals surface area contributed by atoms with Gasteiger partial charge in [0.1, 0.15) is 0 Å². The van der Waals surface area contributed by atoms with E-state index >= 15 is 0 Å². The molecule has 0 aromatic heterocycles. The van der Waals surface area contributed by atoms with Crippen LogP contribution in [0.5, 0.6) is 0 Å². The average Bonchev–Trinajstić information content (AvgIpc) is 2.28. The molecule has 0 saturated heterocycles. The summed E-state index contributed by atoms with van der Waals surface area (Å²) < 4.78 is 0. The van der Waals surface area contributed by atoms with E-state index in [4.69, 9.17) is 0 Å². The number of hydrogen-bond acceptors (Lipinski definition) is 1. The van der Waals surface area contributed by atoms with Crippen molar-refractivity contribution in [2.75, 3.05) is 6.61 Å². The van der Waals surface area contributed by atoms with Gasteiger partial charge in [-0.1, -0.05) is 25.1 Å². The predicted octanol–water partition coefficient (Wildman–Crippen LogP) is 2.73. The van der Waals surface area contributed by atoms with E-state index in [9.17, 15) is 5.11 Å². The molecule has 0 radical (unpaired) electrons. The third-order valence-electron chi connectivity index (χ3n) is 3.85. The topological polar surface area (TPSA) is 20.2 Å². The zero-order valence-corrected chi connectivity index (χ0v) is 9.66. The SMILES string of the molecule is Cc1cccc2c1CCC(C(C)CO)C2. The van der Waals surface area contributed by atoms with Crippen LogP contribution >= 0.6 is 0 Å². The van der Waals surface area contributed by atoms with E-state index in [2.05, 4.69) is 32.0 Å². The third-order valence-corrected chi connectivity index (χ3v) is 3.85. The fraction of sp³-hybridized carbons (Fsp3) is 0.571. The standard InChI is InChI=1S/C14H20O/c1-10-4-3-5-13-8-12(11(2)9-15)6-7-14(10)13/h3-5,11-12,15H,6-9H2,1-2H3. The Morgan fingerprint density at radius 2 is 2.27 bits per heavy atom. The van der Waals surface area contributed by atoms with Crippen molar-refractivity contribution in [3.8, 4) is 0 Å². The van der Waals surface area contributed by atoms with Gasteiger partial charge in [-0.3, -0.25) is 0 Å². The molecule has 0 spiro atoms. The van der Waals surface area contributed by atoms with Crippen molar-refractivity contribution in [1.29, 1.82) is 0 Å². The monoisotopic (exact) mass is 204 g/mol. The van der Waals surface area contributed by atoms with E-state index in [1.807, 2.05) is 0 Å². The predicted molar refractivity (Wildman–Crippen MR) is 62.9 cm³/mol. The molecular formula is C14H20O. The summed E-state index contributed by atoms with van der Waals surface area (Å²) in [5.74, 6) is 1.11. The Bertz CT molecular complexity index is 343. The van der Waals surface area contributed by atoms with Gasteiger partial charge in [-0.25, -0.2) is 0 Å². The molecule has 1 aliphatic rings. The maximum absolute atomic E-state index is 9.19. The summed E-state index contributed by atoms with van der Waals surface area (Å²) in [4.78, 5) is 0. The van der Waals surface area contributed by atoms with Gasteiger partial charge in [-0.2, -0.15) is 0 Å². The molecule has 82 valence electrons. The van der Waals surface area contributed by atoms with Crippen LogP contribution in [0.25, 0.3) is 0 Å². The smallest absolute Gasteiger partial charge is 0.0459 e. The van der Waals surface area contributed by atoms with Gasteiger partial charge < -0.3 is 5.11 Å². The summed E-state index contributed by atoms with van der Waals surface area (Å²) in [6.45, 7) is 4.69. The van der Waals surface area contributed by atoms with E-state index < -0.39 is 0 Å². The van der Waals surface area contributed by atoms with Crippen LogP contribution in [0.1, 0.15) is 30.0 Å². The van der Waals surface area contributed by atoms with Crippen molar-refractivity contribution in [2.45, 2.75) is 33.1 Å². The Morgan fingerprint density at radius 3 is 3.00 bits per heavy atom. The maximum atomic E-state index is 9.19. The number of hydrogen-bond donors (Lipinski definition) is 1. The first-order valence-corrected chi connectivity index (χ1v) is 5.90. The minimum atomic E-state index is 0.325. The number of aryl methyl sites for hydroxylation is 1. The highest BCUT2D eigenvalue weighted by Crippen LogP contribution is 2.31. The minimum absolute atomic E-state index is 0.325. The molecule has 15 heavy (non-hydrogen) atoms. The van der Waals surface area contributed by atoms with Crippen molar-refractivity contribution in [3.05, 3.63) is 34.9 Å². The third kappa shape index (κ3) is 2.07. The summed E-state index contributed by atoms with van der Waals surface area (Å²) in [7, 11) is 0. The van der Waals surface area contributed by atoms with Crippen molar-refractivity contribution in [2.24, 2.45) is 11.8 Å². The molecule has 2 unspecified atom stereocenters. The van der Waals surface area contributed by atoms with Gasteiger partial charge in [0, 0.05) is 6.61 Å². The van der Waals surface area contributed by atoms with Crippen LogP contribution in [0.2, 0.25) is 0 Å². The summed E-state index contributed by atoms with van der Waals surface area (Å²) >= 11 is 0. The normalized spacial score (nSPS) is 22.2. The van der Waals surface area contributed by atoms with Gasteiger partial charge >= 0.3 is 0 Å². The molecule has 1 aromatic carbocycles. The van der Waals surface area contributed by atoms with Gasteiger partial charge in [0.2, 0.25) is 0 Å². The quantitative estimate of drug-likeness (QED) is 0.785. The van der Waals surface area contributed by atoms with E-state index in [0.29, 0.717) is 18.4 Å². The first-order chi connectivity index (χ1) is 7.22. The van der Waals surface area contributed by atoms with Crippen LogP contribution < -0.4 is 0 Å². The summed E-state index contributed by atoms with van der Waals surface area (Å²) in [6.07, 6.45) is 3.58. The summed E-state index contributed by atoms with van der Waals surface area (Å²) in [5, 5.41) is 9.19. The molecule has 0 heterocycles. The highest BCUT2D eigenvalue weighted by atomic mass is 16.3. The average molecular weight is 204 g/mol. The molecule has 1 aromatic rings. The molecule has 1 N–H and O–H groups in total. The van der Waals surface area contributed by atoms with E-state index in [-0.39, 0.29) is 0 Å². The molecule has 1 nitrogen and oxygen atoms in total. The number of rotatable bonds is 2. The molecule has 2 atom stereocenters. The van der Waals surface area contributed by atoms with Crippen molar-refractivity contribution < 1.29 is 5.11 Å². The number of fused-ring (bicyclic) bond motifs is 1. The van der Waals surface area contributed by atoms with Crippen LogP contribution in [0.4, 0.5) is 0 Å². The molecule has 0 bridgehead atoms. The zero-order chi connectivity index (χ0) is 10.8. The van der Waals surface area contributed by atoms with E-state index in [0.717, 1.165) is 6.42 Å². The van der Waals surface area contributed by atoms with Gasteiger partial charge in [-0.15, -0.1) is 0 Å². The van der Waals surface area contributed by atoms with Crippen LogP contribution in [0.3, 0.4) is 0 Å². The summed E-state index contributed by atoms with van der Waals surface area (Å²) in [5.41, 5.74) is 4.49. The molecule has 0 fully saturated rings. The van der Waals surface area contributed by atoms with Crippen molar-refractivity contribution in [1.82, 2.24) is 0 Å². The second-order valence-corrected chi connectivity index (χ2v) is 4.88. The fourth-order valence-corrected chi connectivity index (χ4v) is 2.66. The molecule has 0 amide bonds. The second kappa shape index (κ2) is 4.36. The largest absolute Gasteiger partial charge is 0.396 e. The highest BCUT2D eigenvalue weighted by Gasteiger charge is 2.23. The Kier molecular flexibility index (Phi) is 3.11. The Morgan fingerprint density at radius 1 is 1.47 bits per heavy atom. The lowest BCUT2D eigenvalue weighted by Gasteiger charge is -2.29. The van der Waals surface area contributed by atoms with Crippen LogP contribution in [-0.4, -0.2) is 11.7 Å². The summed E-state index contributed by atoms with van der Waals surface area (Å²) in [6, 6.07) is 6.60. The van der Waals surface area contributed by atoms with E-state index in [1.54, 1.807) is 5.56 Å². The number of benzene rings is 1. The van der Waals surface area contributed by atoms with Crippen molar-refractivity contribution in [3.63, 3.8) is 0 Å². The van der Waals surface area contributed by atoms with Gasteiger partial charge in [0.15, 0.2) is 0 Å². The molecular weight excluding hydrogens is 184 g/mol. The van der Waals surface area contributed by atoms with Gasteiger partial charge in [-0.05, 0) is 54.7 Å². The number of aliphatic hydroxyl groups is 1. The lowest BCUT2D eigenvalue weighted by molar-refractivity contribution is 0.178. The lowest BCUT2D eigenvalue weighted by Crippen LogP contribution is -2.23. The van der Waals surface area contributed by atoms with Gasteiger partial charge in [0.05, 0.1) is 0 Å². The Labute approximate surface area is 92.1 Å². The zero-order valence-electron chi connectivity index (χ0n) is 9.66. The second-order valence-electron chi connectivity index (χ2n) is 4.88. The van der Waals surface area contributed by atoms with Gasteiger partial charge in [0.25, 0.3) is 0 Å². The van der Waals surface area contributed by atoms with Crippen LogP contribution in [-0.2, 0) is 12.8 Å². The van der Waals surface area contributed by atoms with Crippen LogP contribution in [0.15, 0.2) is 18.2 Å². The van der Waals surface area contributed by atoms with E-state index in [1.165, 1.54) is 24.0 Å². The maximum Gasteiger partial charge on any atom is 0.0459 e. The molecule has 2 rings (SSSR count). The first kappa shape index (κ1) is 10.7. The lowest BCUT2D eigenvalue weighted by atomic mass is 9.77. The fourth-order valence-electron chi connectivity index (χ4n) is 2.66. The molecule has 1 aliphatic carbocycles. The minimum Gasteiger partial charge on any atom is -0.396 e. The van der Waals surface area contributed by atoms with Crippen molar-refractivity contribution >= 4 is 0 Å². The number of aliphatic hydroxyl groups excluding tert-OH is 1. The molecule has 0 aliphatic heterocycles. The molecule has 0 saturated carbocycles. The highest BCUT2D eigenvalue weighted by molar-refractivity contribution is 5.36. The first-order valence-electron chi connectivity index (χ1n) is 5.90. The molecule has 1 heteroatoms. The Hall–Kier alpha value is -0.820. The van der Waals surface area contributed by atoms with Crippen LogP contribution in [0, 0.1) is 18.8 Å². The Balaban J connectivity index is 2.20.